The van der Waals surface area contributed by atoms with Gasteiger partial charge in [-0.3, -0.25) is 0 Å². The average molecular weight is 205 g/mol. The Balaban J connectivity index is 0.00000144. The molecule has 1 aromatic rings. The number of ether oxygens (including phenoxy) is 1. The molecule has 0 saturated carbocycles. The van der Waals surface area contributed by atoms with E-state index in [-0.39, 0.29) is 12.4 Å². The first-order chi connectivity index (χ1) is 5.66. The van der Waals surface area contributed by atoms with Crippen molar-refractivity contribution in [1.82, 2.24) is 4.57 Å². The van der Waals surface area contributed by atoms with E-state index in [4.69, 9.17) is 5.73 Å². The zero-order valence-electron chi connectivity index (χ0n) is 7.56. The molecule has 0 aliphatic rings. The smallest absolute Gasteiger partial charge is 0.328 e. The van der Waals surface area contributed by atoms with Crippen LogP contribution in [0.25, 0.3) is 0 Å². The number of hydrogen-bond donors (Lipinski definition) is 1. The van der Waals surface area contributed by atoms with Gasteiger partial charge >= 0.3 is 5.97 Å². The van der Waals surface area contributed by atoms with E-state index in [1.807, 2.05) is 19.3 Å². The first kappa shape index (κ1) is 12.0. The number of methoxy groups -OCH3 is 1. The van der Waals surface area contributed by atoms with Gasteiger partial charge in [-0.05, 0) is 12.1 Å². The summed E-state index contributed by atoms with van der Waals surface area (Å²) in [4.78, 5) is 11.0. The van der Waals surface area contributed by atoms with Gasteiger partial charge in [0.2, 0.25) is 0 Å². The van der Waals surface area contributed by atoms with Crippen LogP contribution in [-0.2, 0) is 16.6 Å². The highest BCUT2D eigenvalue weighted by atomic mass is 35.5. The van der Waals surface area contributed by atoms with Crippen LogP contribution in [0.2, 0.25) is 0 Å². The van der Waals surface area contributed by atoms with Crippen molar-refractivity contribution in [2.24, 2.45) is 12.8 Å². The lowest BCUT2D eigenvalue weighted by Gasteiger charge is -2.09. The maximum absolute atomic E-state index is 11.0. The van der Waals surface area contributed by atoms with Crippen LogP contribution < -0.4 is 5.73 Å². The molecule has 0 spiro atoms. The Labute approximate surface area is 83.1 Å². The Morgan fingerprint density at radius 2 is 2.31 bits per heavy atom. The van der Waals surface area contributed by atoms with Gasteiger partial charge in [-0.25, -0.2) is 4.79 Å². The summed E-state index contributed by atoms with van der Waals surface area (Å²) in [7, 11) is 3.16. The lowest BCUT2D eigenvalue weighted by molar-refractivity contribution is -0.142. The van der Waals surface area contributed by atoms with Crippen LogP contribution >= 0.6 is 12.4 Å². The second kappa shape index (κ2) is 4.89. The van der Waals surface area contributed by atoms with Crippen LogP contribution in [0.1, 0.15) is 11.7 Å². The van der Waals surface area contributed by atoms with Crippen molar-refractivity contribution in [1.29, 1.82) is 0 Å². The SMILES string of the molecule is COC(=O)[C@@H](N)c1cccn1C.Cl. The van der Waals surface area contributed by atoms with E-state index in [1.54, 1.807) is 10.6 Å². The number of hydrogen-bond acceptors (Lipinski definition) is 3. The molecule has 0 amide bonds. The van der Waals surface area contributed by atoms with Crippen molar-refractivity contribution in [3.8, 4) is 0 Å². The molecule has 2 N–H and O–H groups in total. The molecule has 0 saturated heterocycles. The number of nitrogens with zero attached hydrogens (tertiary/aromatic N) is 1. The molecule has 1 atom stereocenters. The molecule has 1 aromatic heterocycles. The molecule has 0 bridgehead atoms. The van der Waals surface area contributed by atoms with E-state index < -0.39 is 12.0 Å². The molecule has 0 aliphatic heterocycles. The van der Waals surface area contributed by atoms with E-state index in [9.17, 15) is 4.79 Å². The Bertz CT molecular complexity index is 285. The Hall–Kier alpha value is -1.00. The van der Waals surface area contributed by atoms with Crippen LogP contribution in [-0.4, -0.2) is 17.6 Å². The number of aromatic nitrogens is 1. The fraction of sp³-hybridized carbons (Fsp3) is 0.375. The molecule has 0 unspecified atom stereocenters. The van der Waals surface area contributed by atoms with Gasteiger partial charge in [-0.1, -0.05) is 0 Å². The molecule has 0 fully saturated rings. The van der Waals surface area contributed by atoms with Crippen LogP contribution in [0.15, 0.2) is 18.3 Å². The van der Waals surface area contributed by atoms with Gasteiger partial charge in [0, 0.05) is 18.9 Å². The largest absolute Gasteiger partial charge is 0.468 e. The van der Waals surface area contributed by atoms with E-state index in [2.05, 4.69) is 4.74 Å². The third-order valence-corrected chi connectivity index (χ3v) is 1.76. The van der Waals surface area contributed by atoms with Crippen molar-refractivity contribution >= 4 is 18.4 Å². The molecule has 5 heteroatoms. The van der Waals surface area contributed by atoms with Crippen LogP contribution in [0.5, 0.6) is 0 Å². The molecule has 13 heavy (non-hydrogen) atoms. The fourth-order valence-corrected chi connectivity index (χ4v) is 1.05. The lowest BCUT2D eigenvalue weighted by Crippen LogP contribution is -2.24. The summed E-state index contributed by atoms with van der Waals surface area (Å²) < 4.78 is 6.31. The highest BCUT2D eigenvalue weighted by Crippen LogP contribution is 2.10. The molecule has 0 aromatic carbocycles. The van der Waals surface area contributed by atoms with Crippen LogP contribution in [0, 0.1) is 0 Å². The van der Waals surface area contributed by atoms with Crippen molar-refractivity contribution in [3.05, 3.63) is 24.0 Å². The summed E-state index contributed by atoms with van der Waals surface area (Å²) in [5, 5.41) is 0. The molecule has 1 rings (SSSR count). The van der Waals surface area contributed by atoms with E-state index in [0.717, 1.165) is 5.69 Å². The highest BCUT2D eigenvalue weighted by Gasteiger charge is 2.17. The number of halogens is 1. The summed E-state index contributed by atoms with van der Waals surface area (Å²) in [5.74, 6) is -0.420. The van der Waals surface area contributed by atoms with Crippen molar-refractivity contribution in [3.63, 3.8) is 0 Å². The normalized spacial score (nSPS) is 11.6. The molecule has 0 radical (unpaired) electrons. The zero-order chi connectivity index (χ0) is 9.14. The van der Waals surface area contributed by atoms with Crippen LogP contribution in [0.3, 0.4) is 0 Å². The fourth-order valence-electron chi connectivity index (χ4n) is 1.05. The van der Waals surface area contributed by atoms with Gasteiger partial charge in [-0.15, -0.1) is 12.4 Å². The van der Waals surface area contributed by atoms with E-state index in [1.165, 1.54) is 7.11 Å². The summed E-state index contributed by atoms with van der Waals surface area (Å²) in [6.45, 7) is 0. The van der Waals surface area contributed by atoms with E-state index >= 15 is 0 Å². The van der Waals surface area contributed by atoms with Crippen molar-refractivity contribution in [2.45, 2.75) is 6.04 Å². The van der Waals surface area contributed by atoms with Gasteiger partial charge in [0.1, 0.15) is 6.04 Å². The maximum atomic E-state index is 11.0. The third kappa shape index (κ3) is 2.47. The minimum Gasteiger partial charge on any atom is -0.468 e. The summed E-state index contributed by atoms with van der Waals surface area (Å²) in [6.07, 6.45) is 1.83. The number of carbonyl (C=O) groups excluding carboxylic acids is 1. The summed E-state index contributed by atoms with van der Waals surface area (Å²) in [6, 6.07) is 2.94. The number of nitrogens with two attached hydrogens (primary N) is 1. The lowest BCUT2D eigenvalue weighted by atomic mass is 10.2. The number of aryl methyl sites for hydroxylation is 1. The molecule has 1 heterocycles. The Kier molecular flexibility index (Phi) is 4.51. The van der Waals surface area contributed by atoms with Gasteiger partial charge in [0.25, 0.3) is 0 Å². The minimum absolute atomic E-state index is 0. The van der Waals surface area contributed by atoms with Crippen LogP contribution in [0.4, 0.5) is 0 Å². The number of esters is 1. The van der Waals surface area contributed by atoms with Crippen molar-refractivity contribution < 1.29 is 9.53 Å². The minimum atomic E-state index is -0.685. The van der Waals surface area contributed by atoms with E-state index in [0.29, 0.717) is 0 Å². The first-order valence-electron chi connectivity index (χ1n) is 3.61. The van der Waals surface area contributed by atoms with Gasteiger partial charge < -0.3 is 15.0 Å². The topological polar surface area (TPSA) is 57.2 Å². The maximum Gasteiger partial charge on any atom is 0.328 e. The predicted molar refractivity (Wildman–Crippen MR) is 51.6 cm³/mol. The summed E-state index contributed by atoms with van der Waals surface area (Å²) >= 11 is 0. The molecule has 0 aliphatic carbocycles. The predicted octanol–water partition coefficient (Wildman–Crippen LogP) is 0.620. The highest BCUT2D eigenvalue weighted by molar-refractivity contribution is 5.85. The molecular formula is C8H13ClN2O2. The quantitative estimate of drug-likeness (QED) is 0.719. The zero-order valence-corrected chi connectivity index (χ0v) is 8.38. The molecule has 74 valence electrons. The van der Waals surface area contributed by atoms with Gasteiger partial charge in [0.05, 0.1) is 7.11 Å². The van der Waals surface area contributed by atoms with Gasteiger partial charge in [0.15, 0.2) is 0 Å². The van der Waals surface area contributed by atoms with Gasteiger partial charge in [-0.2, -0.15) is 0 Å². The number of rotatable bonds is 2. The molecule has 4 nitrogen and oxygen atoms in total. The first-order valence-corrected chi connectivity index (χ1v) is 3.61. The third-order valence-electron chi connectivity index (χ3n) is 1.76. The second-order valence-corrected chi connectivity index (χ2v) is 2.54. The Morgan fingerprint density at radius 1 is 1.69 bits per heavy atom. The van der Waals surface area contributed by atoms with Crippen molar-refractivity contribution in [2.75, 3.05) is 7.11 Å². The monoisotopic (exact) mass is 204 g/mol. The standard InChI is InChI=1S/C8H12N2O2.ClH/c1-10-5-3-4-6(10)7(9)8(11)12-2;/h3-5,7H,9H2,1-2H3;1H/t7-;/m0./s1. The number of carbonyl (C=O) groups is 1. The second-order valence-electron chi connectivity index (χ2n) is 2.54. The molecular weight excluding hydrogens is 192 g/mol. The Morgan fingerprint density at radius 3 is 2.69 bits per heavy atom. The summed E-state index contributed by atoms with van der Waals surface area (Å²) in [5.41, 5.74) is 6.35. The average Bonchev–Trinajstić information content (AvgIpc) is 2.48.